The molecule has 0 spiro atoms. The lowest BCUT2D eigenvalue weighted by Crippen LogP contribution is -2.42. The fraction of sp³-hybridized carbons (Fsp3) is 0.333. The van der Waals surface area contributed by atoms with Crippen molar-refractivity contribution < 1.29 is 43.9 Å². The van der Waals surface area contributed by atoms with Crippen LogP contribution in [-0.4, -0.2) is 65.5 Å². The van der Waals surface area contributed by atoms with Crippen LogP contribution in [0.3, 0.4) is 0 Å². The molecule has 204 valence electrons. The minimum Gasteiger partial charge on any atom is -0.333 e. The highest BCUT2D eigenvalue weighted by Gasteiger charge is 2.31. The number of H-pyrrole nitrogens is 1. The zero-order valence-electron chi connectivity index (χ0n) is 19.6. The van der Waals surface area contributed by atoms with E-state index in [1.807, 2.05) is 12.1 Å². The summed E-state index contributed by atoms with van der Waals surface area (Å²) in [5, 5.41) is 7.88. The highest BCUT2D eigenvalue weighted by Crippen LogP contribution is 2.30. The molecule has 0 aliphatic carbocycles. The number of carbonyl (C=O) groups is 1. The molecule has 37 heavy (non-hydrogen) atoms. The molecule has 2 aromatic carbocycles. The van der Waals surface area contributed by atoms with Gasteiger partial charge in [0.2, 0.25) is 5.91 Å². The summed E-state index contributed by atoms with van der Waals surface area (Å²) in [5.74, 6) is -0.220. The molecule has 1 atom stereocenters. The molecule has 1 aliphatic rings. The number of nitrogens with zero attached hydrogens (tertiary/aromatic N) is 2. The largest absolute Gasteiger partial charge is 0.416 e. The van der Waals surface area contributed by atoms with Gasteiger partial charge in [-0.1, -0.05) is 18.2 Å². The number of halogens is 3. The summed E-state index contributed by atoms with van der Waals surface area (Å²) >= 11 is 0. The number of carbonyl (C=O) groups excluding carboxylic acids is 1. The SMILES string of the molecule is CS(=O)(=O)O.CS(=O)(=O)O.N[C@@H]1Cc2ccc3[nH]ncc3c2CN(Cc2ccc(C(F)(F)F)cc2)C1=O. The Bertz CT molecular complexity index is 1410. The van der Waals surface area contributed by atoms with Crippen LogP contribution in [0.15, 0.2) is 42.6 Å². The molecule has 0 saturated heterocycles. The Balaban J connectivity index is 0.000000412. The molecule has 1 amide bonds. The first kappa shape index (κ1) is 30.2. The van der Waals surface area contributed by atoms with Gasteiger partial charge in [0.15, 0.2) is 0 Å². The van der Waals surface area contributed by atoms with Crippen molar-refractivity contribution in [1.82, 2.24) is 15.1 Å². The van der Waals surface area contributed by atoms with E-state index in [9.17, 15) is 34.8 Å². The molecule has 1 aliphatic heterocycles. The maximum atomic E-state index is 12.7. The molecule has 11 nitrogen and oxygen atoms in total. The van der Waals surface area contributed by atoms with Gasteiger partial charge in [-0.25, -0.2) is 0 Å². The average molecular weight is 567 g/mol. The summed E-state index contributed by atoms with van der Waals surface area (Å²) in [6.45, 7) is 0.526. The number of aromatic nitrogens is 2. The Kier molecular flexibility index (Phi) is 9.42. The molecule has 0 saturated carbocycles. The van der Waals surface area contributed by atoms with E-state index in [1.165, 1.54) is 12.1 Å². The molecular weight excluding hydrogens is 541 g/mol. The molecule has 2 heterocycles. The Morgan fingerprint density at radius 2 is 1.59 bits per heavy atom. The first-order valence-electron chi connectivity index (χ1n) is 10.3. The average Bonchev–Trinajstić information content (AvgIpc) is 3.16. The van der Waals surface area contributed by atoms with Gasteiger partial charge in [-0.05, 0) is 41.3 Å². The Morgan fingerprint density at radius 3 is 2.11 bits per heavy atom. The van der Waals surface area contributed by atoms with E-state index in [2.05, 4.69) is 10.2 Å². The van der Waals surface area contributed by atoms with Crippen LogP contribution in [0.2, 0.25) is 0 Å². The van der Waals surface area contributed by atoms with Crippen LogP contribution >= 0.6 is 0 Å². The highest BCUT2D eigenvalue weighted by atomic mass is 32.2. The maximum Gasteiger partial charge on any atom is 0.416 e. The normalized spacial score (nSPS) is 16.2. The standard InChI is InChI=1S/C19H17F3N4O.2CH4O3S/c20-19(21,22)13-4-1-11(2-5-13)9-26-10-15-12(7-16(23)18(26)27)3-6-17-14(15)8-24-25-17;2*1-5(2,3)4/h1-6,8,16H,7,9-10,23H2,(H,24,25);2*1H3,(H,2,3,4)/t16-;;/m1../s1. The lowest BCUT2D eigenvalue weighted by atomic mass is 9.99. The van der Waals surface area contributed by atoms with E-state index in [0.29, 0.717) is 31.0 Å². The molecule has 0 radical (unpaired) electrons. The van der Waals surface area contributed by atoms with Crippen LogP contribution < -0.4 is 5.73 Å². The zero-order chi connectivity index (χ0) is 28.2. The number of aromatic amines is 1. The molecule has 4 rings (SSSR count). The van der Waals surface area contributed by atoms with Crippen molar-refractivity contribution in [1.29, 1.82) is 0 Å². The maximum absolute atomic E-state index is 12.7. The Hall–Kier alpha value is -3.05. The van der Waals surface area contributed by atoms with Crippen LogP contribution in [-0.2, 0) is 50.7 Å². The molecule has 0 fully saturated rings. The molecule has 1 aromatic heterocycles. The van der Waals surface area contributed by atoms with Crippen LogP contribution in [0.25, 0.3) is 10.9 Å². The number of hydrogen-bond acceptors (Lipinski definition) is 7. The van der Waals surface area contributed by atoms with Crippen molar-refractivity contribution in [2.75, 3.05) is 12.5 Å². The summed E-state index contributed by atoms with van der Waals surface area (Å²) in [5.41, 5.74) is 8.80. The van der Waals surface area contributed by atoms with Crippen molar-refractivity contribution in [3.8, 4) is 0 Å². The number of benzene rings is 2. The lowest BCUT2D eigenvalue weighted by Gasteiger charge is -2.23. The summed E-state index contributed by atoms with van der Waals surface area (Å²) < 4.78 is 90.0. The number of amides is 1. The fourth-order valence-corrected chi connectivity index (χ4v) is 3.48. The minimum absolute atomic E-state index is 0.193. The van der Waals surface area contributed by atoms with Gasteiger partial charge in [0.1, 0.15) is 0 Å². The van der Waals surface area contributed by atoms with Crippen molar-refractivity contribution in [2.24, 2.45) is 5.73 Å². The number of alkyl halides is 3. The molecule has 0 unspecified atom stereocenters. The topological polar surface area (TPSA) is 184 Å². The molecule has 16 heteroatoms. The van der Waals surface area contributed by atoms with Gasteiger partial charge in [0.25, 0.3) is 20.2 Å². The number of nitrogens with two attached hydrogens (primary N) is 1. The summed E-state index contributed by atoms with van der Waals surface area (Å²) in [4.78, 5) is 14.3. The Morgan fingerprint density at radius 1 is 1.05 bits per heavy atom. The van der Waals surface area contributed by atoms with Crippen LogP contribution in [0.1, 0.15) is 22.3 Å². The third-order valence-electron chi connectivity index (χ3n) is 4.91. The molecule has 5 N–H and O–H groups in total. The first-order chi connectivity index (χ1) is 16.8. The number of nitrogens with one attached hydrogen (secondary N) is 1. The van der Waals surface area contributed by atoms with Gasteiger partial charge < -0.3 is 10.6 Å². The first-order valence-corrected chi connectivity index (χ1v) is 14.0. The van der Waals surface area contributed by atoms with Gasteiger partial charge in [-0.2, -0.15) is 35.1 Å². The summed E-state index contributed by atoms with van der Waals surface area (Å²) in [6.07, 6.45) is -0.824. The van der Waals surface area contributed by atoms with Crippen molar-refractivity contribution in [3.05, 3.63) is 64.8 Å². The van der Waals surface area contributed by atoms with Crippen LogP contribution in [0.5, 0.6) is 0 Å². The quantitative estimate of drug-likeness (QED) is 0.337. The van der Waals surface area contributed by atoms with Crippen LogP contribution in [0.4, 0.5) is 13.2 Å². The van der Waals surface area contributed by atoms with E-state index >= 15 is 0 Å². The van der Waals surface area contributed by atoms with E-state index in [0.717, 1.165) is 34.2 Å². The monoisotopic (exact) mass is 566 g/mol. The van der Waals surface area contributed by atoms with Gasteiger partial charge >= 0.3 is 6.18 Å². The molecular formula is C21H25F3N4O7S2. The Labute approximate surface area is 211 Å². The predicted molar refractivity (Wildman–Crippen MR) is 128 cm³/mol. The fourth-order valence-electron chi connectivity index (χ4n) is 3.48. The van der Waals surface area contributed by atoms with Crippen molar-refractivity contribution in [3.63, 3.8) is 0 Å². The number of hydrogen-bond donors (Lipinski definition) is 4. The second-order valence-corrected chi connectivity index (χ2v) is 11.1. The van der Waals surface area contributed by atoms with Gasteiger partial charge in [-0.15, -0.1) is 0 Å². The second kappa shape index (κ2) is 11.6. The summed E-state index contributed by atoms with van der Waals surface area (Å²) in [7, 11) is -7.33. The second-order valence-electron chi connectivity index (χ2n) is 8.20. The van der Waals surface area contributed by atoms with Gasteiger partial charge in [0, 0.05) is 18.5 Å². The van der Waals surface area contributed by atoms with E-state index in [1.54, 1.807) is 11.1 Å². The highest BCUT2D eigenvalue weighted by molar-refractivity contribution is 7.85. The zero-order valence-corrected chi connectivity index (χ0v) is 21.2. The third-order valence-corrected chi connectivity index (χ3v) is 4.91. The third kappa shape index (κ3) is 10.1. The van der Waals surface area contributed by atoms with E-state index < -0.39 is 38.0 Å². The predicted octanol–water partition coefficient (Wildman–Crippen LogP) is 2.00. The van der Waals surface area contributed by atoms with Crippen molar-refractivity contribution >= 4 is 37.0 Å². The number of fused-ring (bicyclic) bond motifs is 3. The van der Waals surface area contributed by atoms with Crippen molar-refractivity contribution in [2.45, 2.75) is 31.7 Å². The molecule has 0 bridgehead atoms. The molecule has 3 aromatic rings. The van der Waals surface area contributed by atoms with E-state index in [-0.39, 0.29) is 12.5 Å². The van der Waals surface area contributed by atoms with Gasteiger partial charge in [-0.3, -0.25) is 19.0 Å². The van der Waals surface area contributed by atoms with E-state index in [4.69, 9.17) is 14.8 Å². The number of rotatable bonds is 2. The summed E-state index contributed by atoms with van der Waals surface area (Å²) in [6, 6.07) is 8.00. The lowest BCUT2D eigenvalue weighted by molar-refractivity contribution is -0.137. The smallest absolute Gasteiger partial charge is 0.333 e. The minimum atomic E-state index is -4.38. The van der Waals surface area contributed by atoms with Gasteiger partial charge in [0.05, 0.1) is 35.8 Å². The van der Waals surface area contributed by atoms with Crippen LogP contribution in [0, 0.1) is 0 Å².